The van der Waals surface area contributed by atoms with Crippen LogP contribution in [0.4, 0.5) is 9.18 Å². The van der Waals surface area contributed by atoms with Gasteiger partial charge in [-0.2, -0.15) is 0 Å². The number of benzene rings is 1. The summed E-state index contributed by atoms with van der Waals surface area (Å²) in [5.74, 6) is -1.72. The predicted molar refractivity (Wildman–Crippen MR) is 56.2 cm³/mol. The van der Waals surface area contributed by atoms with Crippen molar-refractivity contribution in [1.82, 2.24) is 10.6 Å². The van der Waals surface area contributed by atoms with E-state index < -0.39 is 18.0 Å². The Morgan fingerprint density at radius 1 is 1.35 bits per heavy atom. The summed E-state index contributed by atoms with van der Waals surface area (Å²) in [6.07, 6.45) is 0. The van der Waals surface area contributed by atoms with Gasteiger partial charge in [-0.1, -0.05) is 12.1 Å². The molecule has 0 aromatic heterocycles. The number of amides is 2. The van der Waals surface area contributed by atoms with Crippen LogP contribution in [-0.2, 0) is 11.3 Å². The van der Waals surface area contributed by atoms with Crippen molar-refractivity contribution < 1.29 is 19.1 Å². The molecule has 0 radical (unpaired) electrons. The summed E-state index contributed by atoms with van der Waals surface area (Å²) in [5.41, 5.74) is 0.711. The van der Waals surface area contributed by atoms with Crippen LogP contribution < -0.4 is 15.7 Å². The fourth-order valence-electron chi connectivity index (χ4n) is 1.09. The molecule has 0 fully saturated rings. The highest BCUT2D eigenvalue weighted by molar-refractivity contribution is 5.81. The second kappa shape index (κ2) is 5.83. The molecule has 17 heavy (non-hydrogen) atoms. The number of carbonyl (C=O) groups excluding carboxylic acids is 2. The molecule has 1 atom stereocenters. The van der Waals surface area contributed by atoms with Gasteiger partial charge in [-0.15, -0.1) is 0 Å². The van der Waals surface area contributed by atoms with Gasteiger partial charge < -0.3 is 20.5 Å². The lowest BCUT2D eigenvalue weighted by molar-refractivity contribution is -0.307. The first-order chi connectivity index (χ1) is 7.99. The van der Waals surface area contributed by atoms with Crippen molar-refractivity contribution in [2.75, 3.05) is 0 Å². The average Bonchev–Trinajstić information content (AvgIpc) is 2.28. The van der Waals surface area contributed by atoms with Crippen molar-refractivity contribution in [1.29, 1.82) is 0 Å². The smallest absolute Gasteiger partial charge is 0.315 e. The van der Waals surface area contributed by atoms with Gasteiger partial charge in [-0.25, -0.2) is 9.18 Å². The summed E-state index contributed by atoms with van der Waals surface area (Å²) in [4.78, 5) is 21.6. The molecule has 2 N–H and O–H groups in total. The monoisotopic (exact) mass is 239 g/mol. The van der Waals surface area contributed by atoms with Gasteiger partial charge in [-0.3, -0.25) is 0 Å². The van der Waals surface area contributed by atoms with Gasteiger partial charge in [0.25, 0.3) is 0 Å². The van der Waals surface area contributed by atoms with E-state index in [2.05, 4.69) is 10.6 Å². The van der Waals surface area contributed by atoms with Crippen LogP contribution >= 0.6 is 0 Å². The Morgan fingerprint density at radius 2 is 1.94 bits per heavy atom. The summed E-state index contributed by atoms with van der Waals surface area (Å²) in [6, 6.07) is 3.92. The van der Waals surface area contributed by atoms with Gasteiger partial charge in [-0.05, 0) is 24.6 Å². The molecule has 0 aliphatic carbocycles. The predicted octanol–water partition coefficient (Wildman–Crippen LogP) is -0.237. The first kappa shape index (κ1) is 13.0. The fraction of sp³-hybridized carbons (Fsp3) is 0.273. The van der Waals surface area contributed by atoms with E-state index in [0.717, 1.165) is 0 Å². The number of aliphatic carboxylic acids is 1. The lowest BCUT2D eigenvalue weighted by Gasteiger charge is -2.15. The van der Waals surface area contributed by atoms with E-state index in [1.807, 2.05) is 0 Å². The largest absolute Gasteiger partial charge is 0.548 e. The van der Waals surface area contributed by atoms with Crippen LogP contribution in [-0.4, -0.2) is 18.0 Å². The Bertz CT molecular complexity index is 406. The Labute approximate surface area is 97.6 Å². The molecule has 1 aromatic rings. The van der Waals surface area contributed by atoms with Crippen molar-refractivity contribution in [2.45, 2.75) is 19.5 Å². The quantitative estimate of drug-likeness (QED) is 0.761. The number of hydrogen-bond donors (Lipinski definition) is 2. The Hall–Kier alpha value is -2.11. The van der Waals surface area contributed by atoms with E-state index in [4.69, 9.17) is 0 Å². The summed E-state index contributed by atoms with van der Waals surface area (Å²) in [7, 11) is 0. The maximum absolute atomic E-state index is 12.6. The number of rotatable bonds is 4. The molecule has 0 unspecified atom stereocenters. The van der Waals surface area contributed by atoms with Gasteiger partial charge in [0.2, 0.25) is 0 Å². The molecule has 0 saturated heterocycles. The number of urea groups is 1. The molecule has 5 nitrogen and oxygen atoms in total. The molecule has 0 bridgehead atoms. The molecule has 0 heterocycles. The van der Waals surface area contributed by atoms with E-state index >= 15 is 0 Å². The molecule has 0 aliphatic heterocycles. The third kappa shape index (κ3) is 4.50. The number of hydrogen-bond acceptors (Lipinski definition) is 3. The van der Waals surface area contributed by atoms with E-state index in [1.165, 1.54) is 31.2 Å². The van der Waals surface area contributed by atoms with Crippen molar-refractivity contribution >= 4 is 12.0 Å². The second-order valence-corrected chi connectivity index (χ2v) is 3.49. The van der Waals surface area contributed by atoms with Gasteiger partial charge >= 0.3 is 6.03 Å². The molecule has 0 saturated carbocycles. The van der Waals surface area contributed by atoms with Crippen LogP contribution in [0, 0.1) is 5.82 Å². The Kier molecular flexibility index (Phi) is 4.45. The highest BCUT2D eigenvalue weighted by Crippen LogP contribution is 2.01. The number of carboxylic acid groups (broad SMARTS) is 1. The van der Waals surface area contributed by atoms with E-state index in [0.29, 0.717) is 5.56 Å². The van der Waals surface area contributed by atoms with Gasteiger partial charge in [0.05, 0.1) is 12.0 Å². The Morgan fingerprint density at radius 3 is 2.47 bits per heavy atom. The highest BCUT2D eigenvalue weighted by atomic mass is 19.1. The number of nitrogens with one attached hydrogen (secondary N) is 2. The molecule has 92 valence electrons. The van der Waals surface area contributed by atoms with Crippen molar-refractivity contribution in [3.63, 3.8) is 0 Å². The second-order valence-electron chi connectivity index (χ2n) is 3.49. The third-order valence-corrected chi connectivity index (χ3v) is 2.07. The summed E-state index contributed by atoms with van der Waals surface area (Å²) < 4.78 is 12.6. The van der Waals surface area contributed by atoms with Crippen LogP contribution in [0.3, 0.4) is 0 Å². The summed E-state index contributed by atoms with van der Waals surface area (Å²) in [6.45, 7) is 1.48. The minimum Gasteiger partial charge on any atom is -0.548 e. The lowest BCUT2D eigenvalue weighted by atomic mass is 10.2. The lowest BCUT2D eigenvalue weighted by Crippen LogP contribution is -2.49. The topological polar surface area (TPSA) is 81.3 Å². The number of carboxylic acids is 1. The molecule has 0 spiro atoms. The molecule has 0 aliphatic rings. The third-order valence-electron chi connectivity index (χ3n) is 2.07. The van der Waals surface area contributed by atoms with Crippen molar-refractivity contribution in [3.8, 4) is 0 Å². The molecule has 1 rings (SSSR count). The molecular formula is C11H12FN2O3-. The summed E-state index contributed by atoms with van der Waals surface area (Å²) >= 11 is 0. The standard InChI is InChI=1S/C11H13FN2O3/c1-7(10(15)16)14-11(17)13-6-8-2-4-9(12)5-3-8/h2-5,7H,6H2,1H3,(H,15,16)(H2,13,14,17)/p-1/t7-/m0/s1. The zero-order chi connectivity index (χ0) is 12.8. The van der Waals surface area contributed by atoms with E-state index in [9.17, 15) is 19.1 Å². The van der Waals surface area contributed by atoms with Crippen LogP contribution in [0.2, 0.25) is 0 Å². The van der Waals surface area contributed by atoms with Crippen LogP contribution in [0.5, 0.6) is 0 Å². The fourth-order valence-corrected chi connectivity index (χ4v) is 1.09. The first-order valence-corrected chi connectivity index (χ1v) is 4.98. The zero-order valence-corrected chi connectivity index (χ0v) is 9.20. The summed E-state index contributed by atoms with van der Waals surface area (Å²) in [5, 5.41) is 15.0. The molecular weight excluding hydrogens is 227 g/mol. The normalized spacial score (nSPS) is 11.6. The zero-order valence-electron chi connectivity index (χ0n) is 9.20. The maximum atomic E-state index is 12.6. The van der Waals surface area contributed by atoms with Crippen LogP contribution in [0.1, 0.15) is 12.5 Å². The van der Waals surface area contributed by atoms with Crippen LogP contribution in [0.15, 0.2) is 24.3 Å². The highest BCUT2D eigenvalue weighted by Gasteiger charge is 2.06. The molecule has 1 aromatic carbocycles. The molecule has 2 amide bonds. The molecule has 6 heteroatoms. The van der Waals surface area contributed by atoms with Gasteiger partial charge in [0.1, 0.15) is 5.82 Å². The number of carbonyl (C=O) groups is 2. The van der Waals surface area contributed by atoms with Gasteiger partial charge in [0, 0.05) is 6.54 Å². The van der Waals surface area contributed by atoms with Crippen LogP contribution in [0.25, 0.3) is 0 Å². The first-order valence-electron chi connectivity index (χ1n) is 4.98. The maximum Gasteiger partial charge on any atom is 0.315 e. The SMILES string of the molecule is C[C@H](NC(=O)NCc1ccc(F)cc1)C(=O)[O-]. The van der Waals surface area contributed by atoms with Crippen molar-refractivity contribution in [2.24, 2.45) is 0 Å². The number of halogens is 1. The Balaban J connectivity index is 2.38. The van der Waals surface area contributed by atoms with Gasteiger partial charge in [0.15, 0.2) is 0 Å². The average molecular weight is 239 g/mol. The minimum atomic E-state index is -1.36. The van der Waals surface area contributed by atoms with E-state index in [-0.39, 0.29) is 12.4 Å². The minimum absolute atomic E-state index is 0.186. The van der Waals surface area contributed by atoms with Crippen molar-refractivity contribution in [3.05, 3.63) is 35.6 Å². The van der Waals surface area contributed by atoms with E-state index in [1.54, 1.807) is 0 Å².